The number of benzene rings is 1. The summed E-state index contributed by atoms with van der Waals surface area (Å²) in [7, 11) is 0. The molecular formula is C17H24N2O2. The van der Waals surface area contributed by atoms with E-state index in [-0.39, 0.29) is 17.9 Å². The van der Waals surface area contributed by atoms with E-state index >= 15 is 0 Å². The molecule has 0 bridgehead atoms. The molecule has 0 aromatic heterocycles. The van der Waals surface area contributed by atoms with Gasteiger partial charge in [0, 0.05) is 19.5 Å². The van der Waals surface area contributed by atoms with Crippen LogP contribution in [-0.4, -0.2) is 29.3 Å². The highest BCUT2D eigenvalue weighted by Gasteiger charge is 2.29. The van der Waals surface area contributed by atoms with Crippen LogP contribution >= 0.6 is 0 Å². The van der Waals surface area contributed by atoms with E-state index in [0.29, 0.717) is 25.9 Å². The molecule has 4 nitrogen and oxygen atoms in total. The summed E-state index contributed by atoms with van der Waals surface area (Å²) in [6, 6.07) is 5.97. The maximum absolute atomic E-state index is 12.6. The summed E-state index contributed by atoms with van der Waals surface area (Å²) < 4.78 is 0. The quantitative estimate of drug-likeness (QED) is 0.924. The van der Waals surface area contributed by atoms with Gasteiger partial charge in [-0.2, -0.15) is 0 Å². The first kappa shape index (κ1) is 15.5. The number of amides is 2. The first-order valence-corrected chi connectivity index (χ1v) is 7.65. The standard InChI is InChI=1S/C17H24N2O2/c1-4-5-15-17(21)19(7-6-16(20)18-15)11-14-9-12(2)8-13(3)10-14/h8-10,15H,4-7,11H2,1-3H3,(H,18,20). The molecule has 1 unspecified atom stereocenters. The van der Waals surface area contributed by atoms with Crippen LogP contribution in [0.1, 0.15) is 42.9 Å². The van der Waals surface area contributed by atoms with Crippen molar-refractivity contribution in [2.45, 2.75) is 52.6 Å². The second-order valence-corrected chi connectivity index (χ2v) is 5.91. The van der Waals surface area contributed by atoms with Crippen LogP contribution in [0.3, 0.4) is 0 Å². The molecule has 4 heteroatoms. The Balaban J connectivity index is 2.16. The number of hydrogen-bond acceptors (Lipinski definition) is 2. The van der Waals surface area contributed by atoms with Crippen molar-refractivity contribution in [2.75, 3.05) is 6.54 Å². The summed E-state index contributed by atoms with van der Waals surface area (Å²) in [5, 5.41) is 2.84. The highest BCUT2D eigenvalue weighted by molar-refractivity contribution is 5.89. The van der Waals surface area contributed by atoms with E-state index in [4.69, 9.17) is 0 Å². The van der Waals surface area contributed by atoms with Crippen LogP contribution < -0.4 is 5.32 Å². The van der Waals surface area contributed by atoms with Crippen LogP contribution in [0, 0.1) is 13.8 Å². The fourth-order valence-electron chi connectivity index (χ4n) is 2.92. The topological polar surface area (TPSA) is 49.4 Å². The highest BCUT2D eigenvalue weighted by Crippen LogP contribution is 2.15. The van der Waals surface area contributed by atoms with Crippen LogP contribution in [0.4, 0.5) is 0 Å². The number of carbonyl (C=O) groups is 2. The third kappa shape index (κ3) is 4.06. The van der Waals surface area contributed by atoms with Gasteiger partial charge in [0.15, 0.2) is 0 Å². The minimum absolute atomic E-state index is 0.0234. The monoisotopic (exact) mass is 288 g/mol. The molecule has 1 fully saturated rings. The van der Waals surface area contributed by atoms with Crippen LogP contribution in [0.25, 0.3) is 0 Å². The zero-order chi connectivity index (χ0) is 15.4. The first-order valence-electron chi connectivity index (χ1n) is 7.65. The SMILES string of the molecule is CCCC1NC(=O)CCN(Cc2cc(C)cc(C)c2)C1=O. The molecule has 0 saturated carbocycles. The van der Waals surface area contributed by atoms with Crippen molar-refractivity contribution in [3.05, 3.63) is 34.9 Å². The van der Waals surface area contributed by atoms with Gasteiger partial charge in [-0.3, -0.25) is 9.59 Å². The summed E-state index contributed by atoms with van der Waals surface area (Å²) in [4.78, 5) is 26.1. The average Bonchev–Trinajstić information content (AvgIpc) is 2.52. The minimum Gasteiger partial charge on any atom is -0.344 e. The van der Waals surface area contributed by atoms with E-state index in [0.717, 1.165) is 12.0 Å². The molecule has 114 valence electrons. The minimum atomic E-state index is -0.365. The normalized spacial score (nSPS) is 19.4. The van der Waals surface area contributed by atoms with E-state index < -0.39 is 0 Å². The predicted molar refractivity (Wildman–Crippen MR) is 82.8 cm³/mol. The zero-order valence-electron chi connectivity index (χ0n) is 13.1. The molecule has 2 amide bonds. The molecular weight excluding hydrogens is 264 g/mol. The van der Waals surface area contributed by atoms with Crippen LogP contribution in [-0.2, 0) is 16.1 Å². The Morgan fingerprint density at radius 1 is 1.19 bits per heavy atom. The van der Waals surface area contributed by atoms with E-state index in [1.54, 1.807) is 0 Å². The van der Waals surface area contributed by atoms with Crippen LogP contribution in [0.5, 0.6) is 0 Å². The smallest absolute Gasteiger partial charge is 0.245 e. The molecule has 1 heterocycles. The Hall–Kier alpha value is -1.84. The Morgan fingerprint density at radius 3 is 2.48 bits per heavy atom. The molecule has 1 aliphatic heterocycles. The number of rotatable bonds is 4. The number of aryl methyl sites for hydroxylation is 2. The molecule has 0 radical (unpaired) electrons. The van der Waals surface area contributed by atoms with Gasteiger partial charge in [0.2, 0.25) is 11.8 Å². The number of hydrogen-bond donors (Lipinski definition) is 1. The van der Waals surface area contributed by atoms with Crippen molar-refractivity contribution in [1.82, 2.24) is 10.2 Å². The average molecular weight is 288 g/mol. The Bertz CT molecular complexity index is 519. The fourth-order valence-corrected chi connectivity index (χ4v) is 2.92. The molecule has 0 spiro atoms. The second-order valence-electron chi connectivity index (χ2n) is 5.91. The number of nitrogens with one attached hydrogen (secondary N) is 1. The zero-order valence-corrected chi connectivity index (χ0v) is 13.1. The molecule has 1 atom stereocenters. The van der Waals surface area contributed by atoms with Gasteiger partial charge >= 0.3 is 0 Å². The lowest BCUT2D eigenvalue weighted by Crippen LogP contribution is -2.44. The molecule has 1 aromatic rings. The van der Waals surface area contributed by atoms with Crippen molar-refractivity contribution >= 4 is 11.8 Å². The molecule has 1 N–H and O–H groups in total. The summed E-state index contributed by atoms with van der Waals surface area (Å²) in [6.45, 7) is 7.23. The molecule has 21 heavy (non-hydrogen) atoms. The molecule has 1 aliphatic rings. The highest BCUT2D eigenvalue weighted by atomic mass is 16.2. The van der Waals surface area contributed by atoms with Crippen LogP contribution in [0.2, 0.25) is 0 Å². The maximum Gasteiger partial charge on any atom is 0.245 e. The van der Waals surface area contributed by atoms with Gasteiger partial charge in [-0.05, 0) is 25.8 Å². The fraction of sp³-hybridized carbons (Fsp3) is 0.529. The summed E-state index contributed by atoms with van der Waals surface area (Å²) in [5.74, 6) is 0.0200. The number of carbonyl (C=O) groups excluding carboxylic acids is 2. The van der Waals surface area contributed by atoms with Gasteiger partial charge in [-0.25, -0.2) is 0 Å². The van der Waals surface area contributed by atoms with Gasteiger partial charge in [0.05, 0.1) is 0 Å². The van der Waals surface area contributed by atoms with Gasteiger partial charge in [-0.15, -0.1) is 0 Å². The molecule has 1 aromatic carbocycles. The molecule has 2 rings (SSSR count). The molecule has 1 saturated heterocycles. The summed E-state index contributed by atoms with van der Waals surface area (Å²) >= 11 is 0. The van der Waals surface area contributed by atoms with Gasteiger partial charge in [0.1, 0.15) is 6.04 Å². The lowest BCUT2D eigenvalue weighted by atomic mass is 10.1. The van der Waals surface area contributed by atoms with E-state index in [1.807, 2.05) is 11.8 Å². The predicted octanol–water partition coefficient (Wildman–Crippen LogP) is 2.32. The van der Waals surface area contributed by atoms with Crippen molar-refractivity contribution in [2.24, 2.45) is 0 Å². The largest absolute Gasteiger partial charge is 0.344 e. The maximum atomic E-state index is 12.6. The van der Waals surface area contributed by atoms with E-state index in [9.17, 15) is 9.59 Å². The first-order chi connectivity index (χ1) is 9.99. The van der Waals surface area contributed by atoms with E-state index in [1.165, 1.54) is 11.1 Å². The summed E-state index contributed by atoms with van der Waals surface area (Å²) in [5.41, 5.74) is 3.53. The van der Waals surface area contributed by atoms with Crippen molar-refractivity contribution < 1.29 is 9.59 Å². The Kier molecular flexibility index (Phi) is 4.99. The third-order valence-corrected chi connectivity index (χ3v) is 3.79. The number of nitrogens with zero attached hydrogens (tertiary/aromatic N) is 1. The van der Waals surface area contributed by atoms with Crippen molar-refractivity contribution in [1.29, 1.82) is 0 Å². The van der Waals surface area contributed by atoms with Crippen molar-refractivity contribution in [3.63, 3.8) is 0 Å². The van der Waals surface area contributed by atoms with E-state index in [2.05, 4.69) is 37.4 Å². The Morgan fingerprint density at radius 2 is 1.86 bits per heavy atom. The second kappa shape index (κ2) is 6.74. The third-order valence-electron chi connectivity index (χ3n) is 3.79. The van der Waals surface area contributed by atoms with Crippen LogP contribution in [0.15, 0.2) is 18.2 Å². The van der Waals surface area contributed by atoms with Gasteiger partial charge in [-0.1, -0.05) is 42.7 Å². The lowest BCUT2D eigenvalue weighted by molar-refractivity contribution is -0.134. The van der Waals surface area contributed by atoms with Gasteiger partial charge in [0.25, 0.3) is 0 Å². The lowest BCUT2D eigenvalue weighted by Gasteiger charge is -2.24. The van der Waals surface area contributed by atoms with Crippen molar-refractivity contribution in [3.8, 4) is 0 Å². The Labute approximate surface area is 126 Å². The molecule has 0 aliphatic carbocycles. The summed E-state index contributed by atoms with van der Waals surface area (Å²) in [6.07, 6.45) is 1.97. The van der Waals surface area contributed by atoms with Gasteiger partial charge < -0.3 is 10.2 Å².